The van der Waals surface area contributed by atoms with Crippen molar-refractivity contribution in [2.24, 2.45) is 0 Å². The van der Waals surface area contributed by atoms with E-state index < -0.39 is 0 Å². The summed E-state index contributed by atoms with van der Waals surface area (Å²) >= 11 is 12.8. The molecule has 3 aromatic carbocycles. The van der Waals surface area contributed by atoms with Gasteiger partial charge in [0.25, 0.3) is 5.91 Å². The fourth-order valence-electron chi connectivity index (χ4n) is 3.85. The van der Waals surface area contributed by atoms with Gasteiger partial charge in [-0.3, -0.25) is 9.36 Å². The number of hydrogen-bond donors (Lipinski definition) is 1. The van der Waals surface area contributed by atoms with Gasteiger partial charge in [-0.1, -0.05) is 65.2 Å². The van der Waals surface area contributed by atoms with Crippen LogP contribution >= 0.6 is 23.2 Å². The van der Waals surface area contributed by atoms with Crippen molar-refractivity contribution in [3.8, 4) is 28.3 Å². The maximum absolute atomic E-state index is 13.3. The molecule has 4 nitrogen and oxygen atoms in total. The van der Waals surface area contributed by atoms with Gasteiger partial charge in [0, 0.05) is 27.2 Å². The molecule has 33 heavy (non-hydrogen) atoms. The number of nitrogens with zero attached hydrogens (tertiary/aromatic N) is 2. The van der Waals surface area contributed by atoms with Gasteiger partial charge < -0.3 is 5.32 Å². The van der Waals surface area contributed by atoms with E-state index in [2.05, 4.69) is 11.4 Å². The summed E-state index contributed by atoms with van der Waals surface area (Å²) in [5.74, 6) is 0.417. The third-order valence-electron chi connectivity index (χ3n) is 5.30. The molecule has 4 rings (SSSR count). The summed E-state index contributed by atoms with van der Waals surface area (Å²) in [5, 5.41) is 4.17. The Morgan fingerprint density at radius 3 is 2.30 bits per heavy atom. The molecule has 0 bridgehead atoms. The molecular formula is C27H25Cl2N3O. The fraction of sp³-hybridized carbons (Fsp3) is 0.185. The van der Waals surface area contributed by atoms with E-state index in [0.717, 1.165) is 27.9 Å². The minimum Gasteiger partial charge on any atom is -0.348 e. The molecule has 0 atom stereocenters. The van der Waals surface area contributed by atoms with E-state index in [1.165, 1.54) is 0 Å². The molecule has 0 saturated heterocycles. The van der Waals surface area contributed by atoms with Gasteiger partial charge >= 0.3 is 0 Å². The van der Waals surface area contributed by atoms with Gasteiger partial charge in [-0.05, 0) is 63.6 Å². The average Bonchev–Trinajstić information content (AvgIpc) is 3.15. The molecule has 0 unspecified atom stereocenters. The van der Waals surface area contributed by atoms with Crippen molar-refractivity contribution >= 4 is 29.1 Å². The number of carbonyl (C=O) groups is 1. The van der Waals surface area contributed by atoms with Crippen molar-refractivity contribution in [1.29, 1.82) is 0 Å². The number of aryl methyl sites for hydroxylation is 2. The molecule has 0 radical (unpaired) electrons. The average molecular weight is 478 g/mol. The second kappa shape index (κ2) is 9.42. The Labute approximate surface area is 204 Å². The number of benzene rings is 3. The van der Waals surface area contributed by atoms with Crippen molar-refractivity contribution in [3.05, 3.63) is 93.6 Å². The molecule has 0 aliphatic rings. The Kier molecular flexibility index (Phi) is 6.59. The topological polar surface area (TPSA) is 46.9 Å². The van der Waals surface area contributed by atoms with E-state index in [-0.39, 0.29) is 11.9 Å². The Balaban J connectivity index is 2.13. The number of aromatic nitrogens is 2. The maximum Gasteiger partial charge on any atom is 0.272 e. The Morgan fingerprint density at radius 1 is 0.909 bits per heavy atom. The predicted molar refractivity (Wildman–Crippen MR) is 137 cm³/mol. The van der Waals surface area contributed by atoms with Crippen LogP contribution in [0.5, 0.6) is 0 Å². The smallest absolute Gasteiger partial charge is 0.272 e. The van der Waals surface area contributed by atoms with Crippen LogP contribution in [0.1, 0.15) is 35.5 Å². The normalized spacial score (nSPS) is 11.1. The number of amides is 1. The van der Waals surface area contributed by atoms with E-state index >= 15 is 0 Å². The maximum atomic E-state index is 13.3. The fourth-order valence-corrected chi connectivity index (χ4v) is 4.20. The third-order valence-corrected chi connectivity index (χ3v) is 5.77. The number of halogens is 2. The lowest BCUT2D eigenvalue weighted by Gasteiger charge is -2.16. The molecule has 168 valence electrons. The van der Waals surface area contributed by atoms with Gasteiger partial charge in [0.1, 0.15) is 5.82 Å². The van der Waals surface area contributed by atoms with Crippen LogP contribution in [0.3, 0.4) is 0 Å². The summed E-state index contributed by atoms with van der Waals surface area (Å²) in [7, 11) is 0. The lowest BCUT2D eigenvalue weighted by atomic mass is 10.1. The quantitative estimate of drug-likeness (QED) is 0.328. The molecular weight excluding hydrogens is 453 g/mol. The Hall–Kier alpha value is -3.08. The molecule has 1 aromatic heterocycles. The minimum absolute atomic E-state index is 0.0369. The number of carbonyl (C=O) groups excluding carboxylic acids is 1. The van der Waals surface area contributed by atoms with Gasteiger partial charge in [0.15, 0.2) is 5.69 Å². The van der Waals surface area contributed by atoms with E-state index in [0.29, 0.717) is 27.3 Å². The number of hydrogen-bond acceptors (Lipinski definition) is 2. The van der Waals surface area contributed by atoms with Crippen LogP contribution in [0.25, 0.3) is 28.3 Å². The molecule has 0 spiro atoms. The second-order valence-electron chi connectivity index (χ2n) is 8.41. The van der Waals surface area contributed by atoms with Crippen molar-refractivity contribution in [3.63, 3.8) is 0 Å². The van der Waals surface area contributed by atoms with Gasteiger partial charge in [0.2, 0.25) is 0 Å². The number of imidazole rings is 1. The Morgan fingerprint density at radius 2 is 1.61 bits per heavy atom. The van der Waals surface area contributed by atoms with Crippen LogP contribution < -0.4 is 5.32 Å². The zero-order valence-corrected chi connectivity index (χ0v) is 20.5. The molecule has 4 aromatic rings. The van der Waals surface area contributed by atoms with E-state index in [1.54, 1.807) is 0 Å². The van der Waals surface area contributed by atoms with Crippen molar-refractivity contribution in [1.82, 2.24) is 14.9 Å². The summed E-state index contributed by atoms with van der Waals surface area (Å²) in [6, 6.07) is 21.2. The summed E-state index contributed by atoms with van der Waals surface area (Å²) < 4.78 is 2.01. The molecule has 1 amide bonds. The first kappa shape index (κ1) is 23.1. The second-order valence-corrected chi connectivity index (χ2v) is 9.28. The van der Waals surface area contributed by atoms with Crippen LogP contribution in [0.15, 0.2) is 66.7 Å². The van der Waals surface area contributed by atoms with Crippen molar-refractivity contribution in [2.75, 3.05) is 0 Å². The van der Waals surface area contributed by atoms with Crippen LogP contribution in [-0.2, 0) is 0 Å². The first-order chi connectivity index (χ1) is 15.7. The largest absolute Gasteiger partial charge is 0.348 e. The molecule has 0 fully saturated rings. The van der Waals surface area contributed by atoms with E-state index in [4.69, 9.17) is 28.2 Å². The predicted octanol–water partition coefficient (Wildman–Crippen LogP) is 7.27. The molecule has 1 heterocycles. The number of rotatable bonds is 5. The summed E-state index contributed by atoms with van der Waals surface area (Å²) in [6.07, 6.45) is 0. The van der Waals surface area contributed by atoms with Crippen LogP contribution in [0, 0.1) is 13.8 Å². The van der Waals surface area contributed by atoms with Crippen LogP contribution in [0.2, 0.25) is 10.0 Å². The molecule has 0 aliphatic carbocycles. The summed E-state index contributed by atoms with van der Waals surface area (Å²) in [5.41, 5.74) is 5.65. The van der Waals surface area contributed by atoms with Crippen LogP contribution in [-0.4, -0.2) is 21.5 Å². The highest BCUT2D eigenvalue weighted by Crippen LogP contribution is 2.36. The molecule has 0 saturated carbocycles. The minimum atomic E-state index is -0.243. The van der Waals surface area contributed by atoms with E-state index in [1.807, 2.05) is 92.9 Å². The summed E-state index contributed by atoms with van der Waals surface area (Å²) in [4.78, 5) is 18.2. The highest BCUT2D eigenvalue weighted by molar-refractivity contribution is 6.31. The highest BCUT2D eigenvalue weighted by Gasteiger charge is 2.27. The zero-order valence-electron chi connectivity index (χ0n) is 19.0. The van der Waals surface area contributed by atoms with E-state index in [9.17, 15) is 4.79 Å². The first-order valence-electron chi connectivity index (χ1n) is 10.8. The van der Waals surface area contributed by atoms with Crippen molar-refractivity contribution in [2.45, 2.75) is 33.7 Å². The van der Waals surface area contributed by atoms with Crippen molar-refractivity contribution < 1.29 is 4.79 Å². The highest BCUT2D eigenvalue weighted by atomic mass is 35.5. The SMILES string of the molecule is Cc1cccc(-c2nc(C(=O)NC(C)C)c(-c3cccc(Cl)c3)n2-c2cc(Cl)ccc2C)c1. The zero-order chi connectivity index (χ0) is 23.7. The molecule has 1 N–H and O–H groups in total. The Bertz CT molecular complexity index is 1340. The van der Waals surface area contributed by atoms with Gasteiger partial charge in [-0.2, -0.15) is 0 Å². The van der Waals surface area contributed by atoms with Gasteiger partial charge in [0.05, 0.1) is 11.4 Å². The van der Waals surface area contributed by atoms with Gasteiger partial charge in [-0.25, -0.2) is 4.98 Å². The standard InChI is InChI=1S/C27H25Cl2N3O/c1-16(2)30-27(33)24-25(19-8-6-10-21(28)14-19)32(23-15-22(29)12-11-18(23)4)26(31-24)20-9-5-7-17(3)13-20/h5-16H,1-4H3,(H,30,33). The first-order valence-corrected chi connectivity index (χ1v) is 11.5. The lowest BCUT2D eigenvalue weighted by molar-refractivity contribution is 0.0939. The third kappa shape index (κ3) is 4.82. The monoisotopic (exact) mass is 477 g/mol. The van der Waals surface area contributed by atoms with Gasteiger partial charge in [-0.15, -0.1) is 0 Å². The summed E-state index contributed by atoms with van der Waals surface area (Å²) in [6.45, 7) is 7.90. The van der Waals surface area contributed by atoms with Crippen LogP contribution in [0.4, 0.5) is 0 Å². The molecule has 6 heteroatoms. The number of nitrogens with one attached hydrogen (secondary N) is 1. The molecule has 0 aliphatic heterocycles. The lowest BCUT2D eigenvalue weighted by Crippen LogP contribution is -2.30.